The lowest BCUT2D eigenvalue weighted by Crippen LogP contribution is -2.07. The molecule has 1 aromatic rings. The molecule has 1 aromatic carbocycles. The maximum atomic E-state index is 9.21. The molecular formula is C12H16O3. The number of hydrogen-bond acceptors (Lipinski definition) is 3. The van der Waals surface area contributed by atoms with Gasteiger partial charge in [-0.2, -0.15) is 0 Å². The fourth-order valence-corrected chi connectivity index (χ4v) is 1.57. The van der Waals surface area contributed by atoms with Gasteiger partial charge in [0.1, 0.15) is 18.5 Å². The number of ether oxygens (including phenoxy) is 2. The van der Waals surface area contributed by atoms with Gasteiger partial charge in [-0.3, -0.25) is 0 Å². The number of epoxide rings is 1. The van der Waals surface area contributed by atoms with Crippen LogP contribution in [-0.4, -0.2) is 24.4 Å². The van der Waals surface area contributed by atoms with Crippen LogP contribution in [0.5, 0.6) is 5.75 Å². The Morgan fingerprint density at radius 1 is 1.47 bits per heavy atom. The summed E-state index contributed by atoms with van der Waals surface area (Å²) < 4.78 is 10.8. The Kier molecular flexibility index (Phi) is 3.23. The summed E-state index contributed by atoms with van der Waals surface area (Å²) in [7, 11) is 0. The molecule has 15 heavy (non-hydrogen) atoms. The Morgan fingerprint density at radius 2 is 2.20 bits per heavy atom. The Balaban J connectivity index is 2.15. The van der Waals surface area contributed by atoms with Gasteiger partial charge in [0, 0.05) is 5.56 Å². The molecule has 0 aromatic heterocycles. The molecule has 1 unspecified atom stereocenters. The molecule has 1 heterocycles. The summed E-state index contributed by atoms with van der Waals surface area (Å²) in [5, 5.41) is 9.21. The van der Waals surface area contributed by atoms with Gasteiger partial charge in [0.25, 0.3) is 0 Å². The standard InChI is InChI=1S/C12H16O3/c1-2-9-4-3-5-10(6-13)12(9)15-8-11-7-14-11/h3-5,11,13H,2,6-8H2,1H3. The van der Waals surface area contributed by atoms with Crippen molar-refractivity contribution in [3.05, 3.63) is 29.3 Å². The van der Waals surface area contributed by atoms with Crippen molar-refractivity contribution in [3.63, 3.8) is 0 Å². The Hall–Kier alpha value is -1.06. The topological polar surface area (TPSA) is 42.0 Å². The van der Waals surface area contributed by atoms with Crippen LogP contribution in [0.1, 0.15) is 18.1 Å². The van der Waals surface area contributed by atoms with Crippen molar-refractivity contribution in [2.45, 2.75) is 26.1 Å². The molecule has 3 heteroatoms. The van der Waals surface area contributed by atoms with Crippen LogP contribution in [0.25, 0.3) is 0 Å². The summed E-state index contributed by atoms with van der Waals surface area (Å²) in [5.41, 5.74) is 2.00. The zero-order chi connectivity index (χ0) is 10.7. The summed E-state index contributed by atoms with van der Waals surface area (Å²) >= 11 is 0. The molecule has 1 atom stereocenters. The van der Waals surface area contributed by atoms with E-state index in [2.05, 4.69) is 6.92 Å². The smallest absolute Gasteiger partial charge is 0.128 e. The summed E-state index contributed by atoms with van der Waals surface area (Å²) in [6, 6.07) is 5.87. The predicted octanol–water partition coefficient (Wildman–Crippen LogP) is 1.52. The molecule has 0 amide bonds. The second-order valence-electron chi connectivity index (χ2n) is 3.68. The van der Waals surface area contributed by atoms with Gasteiger partial charge in [-0.1, -0.05) is 25.1 Å². The van der Waals surface area contributed by atoms with E-state index in [0.717, 1.165) is 29.9 Å². The fraction of sp³-hybridized carbons (Fsp3) is 0.500. The van der Waals surface area contributed by atoms with Crippen LogP contribution < -0.4 is 4.74 Å². The minimum atomic E-state index is 0.0225. The third-order valence-electron chi connectivity index (χ3n) is 2.55. The van der Waals surface area contributed by atoms with Crippen LogP contribution in [-0.2, 0) is 17.8 Å². The lowest BCUT2D eigenvalue weighted by atomic mass is 10.1. The quantitative estimate of drug-likeness (QED) is 0.746. The van der Waals surface area contributed by atoms with Gasteiger partial charge in [0.2, 0.25) is 0 Å². The second-order valence-corrected chi connectivity index (χ2v) is 3.68. The van der Waals surface area contributed by atoms with E-state index in [4.69, 9.17) is 9.47 Å². The SMILES string of the molecule is CCc1cccc(CO)c1OCC1CO1. The highest BCUT2D eigenvalue weighted by Gasteiger charge is 2.23. The van der Waals surface area contributed by atoms with E-state index in [1.54, 1.807) is 0 Å². The van der Waals surface area contributed by atoms with E-state index in [-0.39, 0.29) is 12.7 Å². The molecule has 0 aliphatic carbocycles. The van der Waals surface area contributed by atoms with Gasteiger partial charge in [-0.15, -0.1) is 0 Å². The number of benzene rings is 1. The number of aliphatic hydroxyl groups is 1. The van der Waals surface area contributed by atoms with Crippen LogP contribution in [0.4, 0.5) is 0 Å². The van der Waals surface area contributed by atoms with E-state index in [1.807, 2.05) is 18.2 Å². The van der Waals surface area contributed by atoms with Crippen LogP contribution in [0.2, 0.25) is 0 Å². The zero-order valence-corrected chi connectivity index (χ0v) is 8.90. The normalized spacial score (nSPS) is 18.9. The highest BCUT2D eigenvalue weighted by Crippen LogP contribution is 2.26. The van der Waals surface area contributed by atoms with E-state index in [9.17, 15) is 5.11 Å². The monoisotopic (exact) mass is 208 g/mol. The molecular weight excluding hydrogens is 192 g/mol. The fourth-order valence-electron chi connectivity index (χ4n) is 1.57. The molecule has 1 fully saturated rings. The first kappa shape index (κ1) is 10.5. The Bertz CT molecular complexity index is 309. The van der Waals surface area contributed by atoms with Gasteiger partial charge in [-0.25, -0.2) is 0 Å². The van der Waals surface area contributed by atoms with E-state index >= 15 is 0 Å². The van der Waals surface area contributed by atoms with Gasteiger partial charge < -0.3 is 14.6 Å². The lowest BCUT2D eigenvalue weighted by molar-refractivity contribution is 0.242. The number of para-hydroxylation sites is 1. The maximum Gasteiger partial charge on any atom is 0.128 e. The predicted molar refractivity (Wildman–Crippen MR) is 57.0 cm³/mol. The number of aryl methyl sites for hydroxylation is 1. The van der Waals surface area contributed by atoms with Gasteiger partial charge >= 0.3 is 0 Å². The van der Waals surface area contributed by atoms with Gasteiger partial charge in [-0.05, 0) is 12.0 Å². The minimum Gasteiger partial charge on any atom is -0.490 e. The third kappa shape index (κ3) is 2.49. The molecule has 2 rings (SSSR count). The largest absolute Gasteiger partial charge is 0.490 e. The Morgan fingerprint density at radius 3 is 2.80 bits per heavy atom. The second kappa shape index (κ2) is 4.64. The molecule has 3 nitrogen and oxygen atoms in total. The van der Waals surface area contributed by atoms with Crippen molar-refractivity contribution in [2.75, 3.05) is 13.2 Å². The van der Waals surface area contributed by atoms with Crippen molar-refractivity contribution < 1.29 is 14.6 Å². The first-order valence-corrected chi connectivity index (χ1v) is 5.31. The molecule has 1 aliphatic heterocycles. The van der Waals surface area contributed by atoms with Crippen LogP contribution in [0.15, 0.2) is 18.2 Å². The summed E-state index contributed by atoms with van der Waals surface area (Å²) in [5.74, 6) is 0.831. The van der Waals surface area contributed by atoms with Gasteiger partial charge in [0.15, 0.2) is 0 Å². The highest BCUT2D eigenvalue weighted by molar-refractivity contribution is 5.41. The van der Waals surface area contributed by atoms with Gasteiger partial charge in [0.05, 0.1) is 13.2 Å². The van der Waals surface area contributed by atoms with Crippen molar-refractivity contribution in [3.8, 4) is 5.75 Å². The van der Waals surface area contributed by atoms with E-state index in [0.29, 0.717) is 6.61 Å². The lowest BCUT2D eigenvalue weighted by Gasteiger charge is -2.13. The van der Waals surface area contributed by atoms with Crippen LogP contribution in [0, 0.1) is 0 Å². The minimum absolute atomic E-state index is 0.0225. The number of hydrogen-bond donors (Lipinski definition) is 1. The van der Waals surface area contributed by atoms with E-state index in [1.165, 1.54) is 0 Å². The molecule has 1 saturated heterocycles. The Labute approximate surface area is 89.6 Å². The molecule has 0 saturated carbocycles. The van der Waals surface area contributed by atoms with Crippen LogP contribution in [0.3, 0.4) is 0 Å². The van der Waals surface area contributed by atoms with Crippen LogP contribution >= 0.6 is 0 Å². The first-order chi connectivity index (χ1) is 7.35. The molecule has 1 N–H and O–H groups in total. The van der Waals surface area contributed by atoms with Crippen molar-refractivity contribution in [1.29, 1.82) is 0 Å². The zero-order valence-electron chi connectivity index (χ0n) is 8.90. The average Bonchev–Trinajstić information content (AvgIpc) is 3.09. The number of aliphatic hydroxyl groups excluding tert-OH is 1. The van der Waals surface area contributed by atoms with E-state index < -0.39 is 0 Å². The summed E-state index contributed by atoms with van der Waals surface area (Å²) in [6.45, 7) is 3.48. The maximum absolute atomic E-state index is 9.21. The molecule has 0 spiro atoms. The molecule has 82 valence electrons. The highest BCUT2D eigenvalue weighted by atomic mass is 16.6. The molecule has 0 radical (unpaired) electrons. The third-order valence-corrected chi connectivity index (χ3v) is 2.55. The van der Waals surface area contributed by atoms with Crippen molar-refractivity contribution in [2.24, 2.45) is 0 Å². The number of rotatable bonds is 5. The summed E-state index contributed by atoms with van der Waals surface area (Å²) in [4.78, 5) is 0. The first-order valence-electron chi connectivity index (χ1n) is 5.31. The van der Waals surface area contributed by atoms with Crippen molar-refractivity contribution in [1.82, 2.24) is 0 Å². The molecule has 1 aliphatic rings. The van der Waals surface area contributed by atoms with Crippen molar-refractivity contribution >= 4 is 0 Å². The average molecular weight is 208 g/mol. The molecule has 0 bridgehead atoms. The summed E-state index contributed by atoms with van der Waals surface area (Å²) in [6.07, 6.45) is 1.16.